The number of nitrogens with zero attached hydrogens (tertiary/aromatic N) is 1. The van der Waals surface area contributed by atoms with Gasteiger partial charge in [0.1, 0.15) is 5.82 Å². The van der Waals surface area contributed by atoms with E-state index < -0.39 is 5.54 Å². The van der Waals surface area contributed by atoms with Crippen LogP contribution in [0, 0.1) is 5.82 Å². The van der Waals surface area contributed by atoms with Gasteiger partial charge in [-0.05, 0) is 37.1 Å². The van der Waals surface area contributed by atoms with Crippen molar-refractivity contribution in [3.8, 4) is 0 Å². The minimum absolute atomic E-state index is 0.00852. The van der Waals surface area contributed by atoms with Crippen LogP contribution in [-0.4, -0.2) is 29.4 Å². The summed E-state index contributed by atoms with van der Waals surface area (Å²) in [5, 5.41) is 2.85. The molecule has 4 nitrogen and oxygen atoms in total. The van der Waals surface area contributed by atoms with Gasteiger partial charge >= 0.3 is 0 Å². The molecule has 1 heterocycles. The maximum Gasteiger partial charge on any atom is 0.240 e. The predicted molar refractivity (Wildman–Crippen MR) is 71.8 cm³/mol. The SMILES string of the molecule is CC1(C)C(=O)NCCN1Cc1cc(F)cc(CN)c1. The van der Waals surface area contributed by atoms with Crippen LogP contribution >= 0.6 is 0 Å². The summed E-state index contributed by atoms with van der Waals surface area (Å²) >= 11 is 0. The molecule has 0 saturated carbocycles. The van der Waals surface area contributed by atoms with Crippen molar-refractivity contribution in [1.82, 2.24) is 10.2 Å². The zero-order valence-electron chi connectivity index (χ0n) is 11.4. The Kier molecular flexibility index (Phi) is 3.87. The Morgan fingerprint density at radius 1 is 1.37 bits per heavy atom. The summed E-state index contributed by atoms with van der Waals surface area (Å²) in [6.07, 6.45) is 0. The van der Waals surface area contributed by atoms with E-state index in [1.165, 1.54) is 12.1 Å². The molecule has 0 aliphatic carbocycles. The number of carbonyl (C=O) groups is 1. The Balaban J connectivity index is 2.20. The van der Waals surface area contributed by atoms with Crippen LogP contribution in [-0.2, 0) is 17.9 Å². The average molecular weight is 265 g/mol. The number of benzene rings is 1. The zero-order chi connectivity index (χ0) is 14.0. The zero-order valence-corrected chi connectivity index (χ0v) is 11.4. The normalized spacial score (nSPS) is 19.3. The second-order valence-electron chi connectivity index (χ2n) is 5.41. The molecule has 0 spiro atoms. The average Bonchev–Trinajstić information content (AvgIpc) is 2.35. The highest BCUT2D eigenvalue weighted by Crippen LogP contribution is 2.21. The Hall–Kier alpha value is -1.46. The number of carbonyl (C=O) groups excluding carboxylic acids is 1. The molecule has 1 fully saturated rings. The van der Waals surface area contributed by atoms with Crippen molar-refractivity contribution in [1.29, 1.82) is 0 Å². The fourth-order valence-corrected chi connectivity index (χ4v) is 2.37. The minimum Gasteiger partial charge on any atom is -0.353 e. The second-order valence-corrected chi connectivity index (χ2v) is 5.41. The van der Waals surface area contributed by atoms with E-state index in [9.17, 15) is 9.18 Å². The van der Waals surface area contributed by atoms with E-state index in [1.54, 1.807) is 0 Å². The van der Waals surface area contributed by atoms with E-state index in [1.807, 2.05) is 19.9 Å². The van der Waals surface area contributed by atoms with E-state index in [4.69, 9.17) is 5.73 Å². The Bertz CT molecular complexity index is 488. The third kappa shape index (κ3) is 2.93. The Labute approximate surface area is 112 Å². The minimum atomic E-state index is -0.576. The van der Waals surface area contributed by atoms with Crippen LogP contribution in [0.4, 0.5) is 4.39 Å². The van der Waals surface area contributed by atoms with E-state index >= 15 is 0 Å². The molecule has 1 saturated heterocycles. The number of nitrogens with two attached hydrogens (primary N) is 1. The first-order valence-electron chi connectivity index (χ1n) is 6.45. The van der Waals surface area contributed by atoms with Gasteiger partial charge in [0.25, 0.3) is 0 Å². The quantitative estimate of drug-likeness (QED) is 0.857. The van der Waals surface area contributed by atoms with Crippen LogP contribution in [0.3, 0.4) is 0 Å². The van der Waals surface area contributed by atoms with Gasteiger partial charge in [0.2, 0.25) is 5.91 Å². The van der Waals surface area contributed by atoms with Gasteiger partial charge < -0.3 is 11.1 Å². The smallest absolute Gasteiger partial charge is 0.240 e. The number of piperazine rings is 1. The summed E-state index contributed by atoms with van der Waals surface area (Å²) in [6, 6.07) is 4.84. The van der Waals surface area contributed by atoms with Gasteiger partial charge in [-0.15, -0.1) is 0 Å². The first kappa shape index (κ1) is 14.0. The van der Waals surface area contributed by atoms with Crippen molar-refractivity contribution in [3.63, 3.8) is 0 Å². The lowest BCUT2D eigenvalue weighted by Gasteiger charge is -2.41. The third-order valence-corrected chi connectivity index (χ3v) is 3.64. The number of nitrogens with one attached hydrogen (secondary N) is 1. The summed E-state index contributed by atoms with van der Waals surface area (Å²) in [7, 11) is 0. The van der Waals surface area contributed by atoms with Crippen LogP contribution in [0.1, 0.15) is 25.0 Å². The van der Waals surface area contributed by atoms with Crippen LogP contribution in [0.15, 0.2) is 18.2 Å². The second kappa shape index (κ2) is 5.27. The van der Waals surface area contributed by atoms with Crippen LogP contribution in [0.5, 0.6) is 0 Å². The van der Waals surface area contributed by atoms with E-state index in [-0.39, 0.29) is 11.7 Å². The summed E-state index contributed by atoms with van der Waals surface area (Å²) in [5.74, 6) is -0.272. The standard InChI is InChI=1S/C14H20FN3O/c1-14(2)13(19)17-3-4-18(14)9-11-5-10(8-16)6-12(15)7-11/h5-7H,3-4,8-9,16H2,1-2H3,(H,17,19). The lowest BCUT2D eigenvalue weighted by Crippen LogP contribution is -2.61. The highest BCUT2D eigenvalue weighted by Gasteiger charge is 2.37. The molecule has 0 radical (unpaired) electrons. The molecule has 0 aromatic heterocycles. The molecule has 0 bridgehead atoms. The molecule has 1 aliphatic heterocycles. The summed E-state index contributed by atoms with van der Waals surface area (Å²) in [5.41, 5.74) is 6.60. The van der Waals surface area contributed by atoms with Crippen LogP contribution < -0.4 is 11.1 Å². The van der Waals surface area contributed by atoms with Gasteiger partial charge in [0.05, 0.1) is 5.54 Å². The van der Waals surface area contributed by atoms with Crippen LogP contribution in [0.2, 0.25) is 0 Å². The van der Waals surface area contributed by atoms with Gasteiger partial charge in [-0.25, -0.2) is 4.39 Å². The van der Waals surface area contributed by atoms with Gasteiger partial charge in [0, 0.05) is 26.2 Å². The molecular weight excluding hydrogens is 245 g/mol. The molecule has 3 N–H and O–H groups in total. The van der Waals surface area contributed by atoms with Crippen molar-refractivity contribution in [3.05, 3.63) is 35.1 Å². The fraction of sp³-hybridized carbons (Fsp3) is 0.500. The number of hydrogen-bond donors (Lipinski definition) is 2. The number of halogens is 1. The molecule has 2 rings (SSSR count). The monoisotopic (exact) mass is 265 g/mol. The third-order valence-electron chi connectivity index (χ3n) is 3.64. The molecule has 0 unspecified atom stereocenters. The molecule has 19 heavy (non-hydrogen) atoms. The molecule has 1 aliphatic rings. The molecular formula is C14H20FN3O. The highest BCUT2D eigenvalue weighted by atomic mass is 19.1. The van der Waals surface area contributed by atoms with Crippen LogP contribution in [0.25, 0.3) is 0 Å². The van der Waals surface area contributed by atoms with Gasteiger partial charge in [-0.1, -0.05) is 6.07 Å². The van der Waals surface area contributed by atoms with Crippen molar-refractivity contribution < 1.29 is 9.18 Å². The maximum absolute atomic E-state index is 13.5. The number of rotatable bonds is 3. The molecule has 104 valence electrons. The van der Waals surface area contributed by atoms with E-state index in [2.05, 4.69) is 10.2 Å². The Morgan fingerprint density at radius 3 is 2.74 bits per heavy atom. The summed E-state index contributed by atoms with van der Waals surface area (Å²) < 4.78 is 13.5. The lowest BCUT2D eigenvalue weighted by atomic mass is 9.97. The van der Waals surface area contributed by atoms with Crippen molar-refractivity contribution in [2.75, 3.05) is 13.1 Å². The Morgan fingerprint density at radius 2 is 2.05 bits per heavy atom. The first-order valence-corrected chi connectivity index (χ1v) is 6.45. The fourth-order valence-electron chi connectivity index (χ4n) is 2.37. The van der Waals surface area contributed by atoms with Gasteiger partial charge in [0.15, 0.2) is 0 Å². The first-order chi connectivity index (χ1) is 8.93. The molecule has 0 atom stereocenters. The van der Waals surface area contributed by atoms with Crippen molar-refractivity contribution >= 4 is 5.91 Å². The summed E-state index contributed by atoms with van der Waals surface area (Å²) in [4.78, 5) is 13.9. The molecule has 1 amide bonds. The van der Waals surface area contributed by atoms with Crippen molar-refractivity contribution in [2.45, 2.75) is 32.5 Å². The van der Waals surface area contributed by atoms with E-state index in [0.717, 1.165) is 17.7 Å². The number of amides is 1. The predicted octanol–water partition coefficient (Wildman–Crippen LogP) is 0.995. The largest absolute Gasteiger partial charge is 0.353 e. The molecule has 1 aromatic carbocycles. The van der Waals surface area contributed by atoms with E-state index in [0.29, 0.717) is 19.6 Å². The highest BCUT2D eigenvalue weighted by molar-refractivity contribution is 5.86. The van der Waals surface area contributed by atoms with Gasteiger partial charge in [-0.2, -0.15) is 0 Å². The van der Waals surface area contributed by atoms with Gasteiger partial charge in [-0.3, -0.25) is 9.69 Å². The maximum atomic E-state index is 13.5. The summed E-state index contributed by atoms with van der Waals surface area (Å²) in [6.45, 7) is 6.00. The lowest BCUT2D eigenvalue weighted by molar-refractivity contribution is -0.135. The topological polar surface area (TPSA) is 58.4 Å². The number of hydrogen-bond acceptors (Lipinski definition) is 3. The molecule has 1 aromatic rings. The molecule has 5 heteroatoms. The van der Waals surface area contributed by atoms with Crippen molar-refractivity contribution in [2.24, 2.45) is 5.73 Å².